The largest absolute Gasteiger partial charge is 0.393 e. The van der Waals surface area contributed by atoms with E-state index in [2.05, 4.69) is 24.3 Å². The van der Waals surface area contributed by atoms with Crippen molar-refractivity contribution in [1.82, 2.24) is 15.1 Å². The van der Waals surface area contributed by atoms with E-state index < -0.39 is 0 Å². The van der Waals surface area contributed by atoms with Crippen molar-refractivity contribution in [2.75, 3.05) is 6.54 Å². The van der Waals surface area contributed by atoms with E-state index in [1.807, 2.05) is 18.5 Å². The molecule has 2 atom stereocenters. The van der Waals surface area contributed by atoms with Crippen LogP contribution in [0.4, 0.5) is 0 Å². The minimum atomic E-state index is -0.252. The van der Waals surface area contributed by atoms with Gasteiger partial charge in [0.1, 0.15) is 0 Å². The predicted molar refractivity (Wildman–Crippen MR) is 86.6 cm³/mol. The number of nitrogens with zero attached hydrogens (tertiary/aromatic N) is 2. The summed E-state index contributed by atoms with van der Waals surface area (Å²) in [5.41, 5.74) is 3.06. The molecule has 2 rings (SSSR count). The average Bonchev–Trinajstić information content (AvgIpc) is 2.95. The Morgan fingerprint density at radius 3 is 2.73 bits per heavy atom. The van der Waals surface area contributed by atoms with Crippen molar-refractivity contribution < 1.29 is 9.90 Å². The van der Waals surface area contributed by atoms with E-state index in [0.29, 0.717) is 18.9 Å². The molecule has 1 saturated carbocycles. The minimum Gasteiger partial charge on any atom is -0.393 e. The molecule has 1 fully saturated rings. The monoisotopic (exact) mass is 307 g/mol. The fraction of sp³-hybridized carbons (Fsp3) is 0.765. The SMILES string of the molecule is Cc1nn(CC(C)C)c(C)c1CC(=O)NCC1CCCC1O. The first-order valence-electron chi connectivity index (χ1n) is 8.36. The van der Waals surface area contributed by atoms with Crippen molar-refractivity contribution in [2.45, 2.75) is 66.0 Å². The fourth-order valence-corrected chi connectivity index (χ4v) is 3.24. The van der Waals surface area contributed by atoms with E-state index in [9.17, 15) is 9.90 Å². The Morgan fingerprint density at radius 2 is 2.14 bits per heavy atom. The number of aliphatic hydroxyl groups is 1. The van der Waals surface area contributed by atoms with Crippen LogP contribution in [0.25, 0.3) is 0 Å². The summed E-state index contributed by atoms with van der Waals surface area (Å²) in [6, 6.07) is 0. The third-order valence-corrected chi connectivity index (χ3v) is 4.59. The van der Waals surface area contributed by atoms with Gasteiger partial charge in [-0.15, -0.1) is 0 Å². The molecule has 1 aliphatic carbocycles. The van der Waals surface area contributed by atoms with Crippen LogP contribution in [0, 0.1) is 25.7 Å². The zero-order chi connectivity index (χ0) is 16.3. The second-order valence-corrected chi connectivity index (χ2v) is 6.96. The van der Waals surface area contributed by atoms with Crippen LogP contribution in [-0.2, 0) is 17.8 Å². The number of aliphatic hydroxyl groups excluding tert-OH is 1. The first kappa shape index (κ1) is 17.0. The lowest BCUT2D eigenvalue weighted by molar-refractivity contribution is -0.120. The van der Waals surface area contributed by atoms with Gasteiger partial charge in [0.15, 0.2) is 0 Å². The first-order valence-corrected chi connectivity index (χ1v) is 8.36. The maximum Gasteiger partial charge on any atom is 0.224 e. The molecule has 5 heteroatoms. The average molecular weight is 307 g/mol. The highest BCUT2D eigenvalue weighted by Crippen LogP contribution is 2.24. The molecule has 0 spiro atoms. The molecule has 1 aliphatic rings. The Balaban J connectivity index is 1.92. The Kier molecular flexibility index (Phi) is 5.62. The van der Waals surface area contributed by atoms with Gasteiger partial charge in [-0.05, 0) is 32.6 Å². The Morgan fingerprint density at radius 1 is 1.41 bits per heavy atom. The van der Waals surface area contributed by atoms with Crippen molar-refractivity contribution in [3.63, 3.8) is 0 Å². The summed E-state index contributed by atoms with van der Waals surface area (Å²) in [4.78, 5) is 12.2. The molecule has 1 aromatic heterocycles. The number of amides is 1. The van der Waals surface area contributed by atoms with E-state index >= 15 is 0 Å². The van der Waals surface area contributed by atoms with Gasteiger partial charge in [-0.3, -0.25) is 9.48 Å². The van der Waals surface area contributed by atoms with Gasteiger partial charge in [0.2, 0.25) is 5.91 Å². The lowest BCUT2D eigenvalue weighted by Crippen LogP contribution is -2.33. The summed E-state index contributed by atoms with van der Waals surface area (Å²) in [6.07, 6.45) is 3.05. The molecule has 2 N–H and O–H groups in total. The van der Waals surface area contributed by atoms with Gasteiger partial charge in [0, 0.05) is 30.3 Å². The number of rotatable bonds is 6. The van der Waals surface area contributed by atoms with Crippen molar-refractivity contribution >= 4 is 5.91 Å². The van der Waals surface area contributed by atoms with Crippen molar-refractivity contribution in [1.29, 1.82) is 0 Å². The fourth-order valence-electron chi connectivity index (χ4n) is 3.24. The minimum absolute atomic E-state index is 0.0226. The topological polar surface area (TPSA) is 67.2 Å². The van der Waals surface area contributed by atoms with Gasteiger partial charge in [0.25, 0.3) is 0 Å². The number of aromatic nitrogens is 2. The molecular weight excluding hydrogens is 278 g/mol. The van der Waals surface area contributed by atoms with Crippen LogP contribution in [0.3, 0.4) is 0 Å². The molecular formula is C17H29N3O2. The van der Waals surface area contributed by atoms with E-state index in [-0.39, 0.29) is 17.9 Å². The maximum atomic E-state index is 12.2. The Hall–Kier alpha value is -1.36. The summed E-state index contributed by atoms with van der Waals surface area (Å²) in [6.45, 7) is 9.78. The zero-order valence-electron chi connectivity index (χ0n) is 14.2. The molecule has 5 nitrogen and oxygen atoms in total. The number of carbonyl (C=O) groups is 1. The molecule has 1 amide bonds. The number of hydrogen-bond donors (Lipinski definition) is 2. The summed E-state index contributed by atoms with van der Waals surface area (Å²) < 4.78 is 2.00. The molecule has 2 unspecified atom stereocenters. The van der Waals surface area contributed by atoms with E-state index in [4.69, 9.17) is 0 Å². The van der Waals surface area contributed by atoms with E-state index in [1.165, 1.54) is 0 Å². The highest BCUT2D eigenvalue weighted by molar-refractivity contribution is 5.79. The van der Waals surface area contributed by atoms with Crippen LogP contribution in [0.1, 0.15) is 50.1 Å². The first-order chi connectivity index (χ1) is 10.4. The number of aryl methyl sites for hydroxylation is 1. The molecule has 0 radical (unpaired) electrons. The van der Waals surface area contributed by atoms with Crippen LogP contribution in [0.2, 0.25) is 0 Å². The summed E-state index contributed by atoms with van der Waals surface area (Å²) >= 11 is 0. The van der Waals surface area contributed by atoms with Gasteiger partial charge in [-0.2, -0.15) is 5.10 Å². The quantitative estimate of drug-likeness (QED) is 0.844. The number of carbonyl (C=O) groups excluding carboxylic acids is 1. The van der Waals surface area contributed by atoms with Gasteiger partial charge in [0.05, 0.1) is 18.2 Å². The molecule has 1 heterocycles. The molecule has 0 aliphatic heterocycles. The standard InChI is InChI=1S/C17H29N3O2/c1-11(2)10-20-13(4)15(12(3)19-20)8-17(22)18-9-14-6-5-7-16(14)21/h11,14,16,21H,5-10H2,1-4H3,(H,18,22). The molecule has 124 valence electrons. The van der Waals surface area contributed by atoms with Crippen LogP contribution in [0.15, 0.2) is 0 Å². The van der Waals surface area contributed by atoms with Crippen LogP contribution < -0.4 is 5.32 Å². The Bertz CT molecular complexity index is 522. The number of nitrogens with one attached hydrogen (secondary N) is 1. The number of hydrogen-bond acceptors (Lipinski definition) is 3. The third kappa shape index (κ3) is 4.09. The highest BCUT2D eigenvalue weighted by atomic mass is 16.3. The summed E-state index contributed by atoms with van der Waals surface area (Å²) in [5, 5.41) is 17.3. The van der Waals surface area contributed by atoms with Crippen molar-refractivity contribution in [2.24, 2.45) is 11.8 Å². The van der Waals surface area contributed by atoms with Crippen LogP contribution in [0.5, 0.6) is 0 Å². The van der Waals surface area contributed by atoms with Crippen LogP contribution in [-0.4, -0.2) is 33.4 Å². The molecule has 0 saturated heterocycles. The molecule has 22 heavy (non-hydrogen) atoms. The molecule has 0 bridgehead atoms. The lowest BCUT2D eigenvalue weighted by atomic mass is 10.1. The maximum absolute atomic E-state index is 12.2. The Labute approximate surface area is 133 Å². The van der Waals surface area contributed by atoms with E-state index in [0.717, 1.165) is 42.8 Å². The second kappa shape index (κ2) is 7.27. The van der Waals surface area contributed by atoms with Gasteiger partial charge in [-0.1, -0.05) is 20.3 Å². The zero-order valence-corrected chi connectivity index (χ0v) is 14.2. The van der Waals surface area contributed by atoms with Crippen molar-refractivity contribution in [3.05, 3.63) is 17.0 Å². The lowest BCUT2D eigenvalue weighted by Gasteiger charge is -2.15. The smallest absolute Gasteiger partial charge is 0.224 e. The second-order valence-electron chi connectivity index (χ2n) is 6.96. The van der Waals surface area contributed by atoms with Gasteiger partial charge >= 0.3 is 0 Å². The normalized spacial score (nSPS) is 21.5. The molecule has 1 aromatic rings. The van der Waals surface area contributed by atoms with E-state index in [1.54, 1.807) is 0 Å². The predicted octanol–water partition coefficient (Wildman–Crippen LogP) is 1.98. The van der Waals surface area contributed by atoms with Gasteiger partial charge < -0.3 is 10.4 Å². The van der Waals surface area contributed by atoms with Crippen LogP contribution >= 0.6 is 0 Å². The van der Waals surface area contributed by atoms with Crippen molar-refractivity contribution in [3.8, 4) is 0 Å². The summed E-state index contributed by atoms with van der Waals surface area (Å²) in [7, 11) is 0. The summed E-state index contributed by atoms with van der Waals surface area (Å²) in [5.74, 6) is 0.771. The molecule has 0 aromatic carbocycles. The highest BCUT2D eigenvalue weighted by Gasteiger charge is 2.25. The van der Waals surface area contributed by atoms with Gasteiger partial charge in [-0.25, -0.2) is 0 Å². The third-order valence-electron chi connectivity index (χ3n) is 4.59.